The molecule has 8 aromatic rings. The van der Waals surface area contributed by atoms with Crippen LogP contribution in [0.4, 0.5) is 17.3 Å². The lowest BCUT2D eigenvalue weighted by atomic mass is 9.90. The number of nitrogens with zero attached hydrogens (tertiary/aromatic N) is 4. The van der Waals surface area contributed by atoms with Gasteiger partial charge < -0.3 is 0 Å². The third-order valence-corrected chi connectivity index (χ3v) is 9.22. The largest absolute Gasteiger partial charge is 0.276 e. The second-order valence-electron chi connectivity index (χ2n) is 10.5. The van der Waals surface area contributed by atoms with Crippen LogP contribution in [0.25, 0.3) is 64.8 Å². The molecule has 0 atom stereocenters. The standard InChI is InChI=1S/C37H22N4S/c1-3-12-23(13-4-1)35-38-36(24-14-5-2-6-15-24)40-37(39-35)41-30-20-9-7-17-26(30)28-19-11-16-25-22-29-27-18-8-10-21-31(27)42-34(29)33(41)32(25)28/h1-22H. The summed E-state index contributed by atoms with van der Waals surface area (Å²) in [5.41, 5.74) is 6.49. The topological polar surface area (TPSA) is 41.9 Å². The lowest BCUT2D eigenvalue weighted by Crippen LogP contribution is -2.19. The second kappa shape index (κ2) is 9.06. The van der Waals surface area contributed by atoms with Crippen molar-refractivity contribution in [1.29, 1.82) is 0 Å². The van der Waals surface area contributed by atoms with Gasteiger partial charge in [-0.05, 0) is 29.1 Å². The summed E-state index contributed by atoms with van der Waals surface area (Å²) >= 11 is 1.83. The van der Waals surface area contributed by atoms with Crippen molar-refractivity contribution in [2.75, 3.05) is 4.90 Å². The lowest BCUT2D eigenvalue weighted by Gasteiger charge is -2.32. The Morgan fingerprint density at radius 1 is 0.524 bits per heavy atom. The fraction of sp³-hybridized carbons (Fsp3) is 0. The summed E-state index contributed by atoms with van der Waals surface area (Å²) in [6.07, 6.45) is 0. The number of aromatic nitrogens is 3. The third-order valence-electron chi connectivity index (χ3n) is 8.03. The van der Waals surface area contributed by atoms with E-state index in [1.807, 2.05) is 47.7 Å². The Morgan fingerprint density at radius 2 is 1.17 bits per heavy atom. The van der Waals surface area contributed by atoms with Gasteiger partial charge in [-0.3, -0.25) is 4.90 Å². The van der Waals surface area contributed by atoms with E-state index in [4.69, 9.17) is 15.0 Å². The van der Waals surface area contributed by atoms with Crippen LogP contribution in [0.15, 0.2) is 133 Å². The molecule has 4 nitrogen and oxygen atoms in total. The molecule has 6 aromatic carbocycles. The maximum atomic E-state index is 5.18. The molecule has 0 fully saturated rings. The molecule has 0 amide bonds. The summed E-state index contributed by atoms with van der Waals surface area (Å²) in [5.74, 6) is 1.90. The molecule has 42 heavy (non-hydrogen) atoms. The normalized spacial score (nSPS) is 12.2. The summed E-state index contributed by atoms with van der Waals surface area (Å²) < 4.78 is 2.50. The van der Waals surface area contributed by atoms with Crippen molar-refractivity contribution in [2.24, 2.45) is 0 Å². The van der Waals surface area contributed by atoms with Crippen LogP contribution in [-0.4, -0.2) is 15.0 Å². The van der Waals surface area contributed by atoms with Crippen LogP contribution in [0.5, 0.6) is 0 Å². The van der Waals surface area contributed by atoms with Crippen molar-refractivity contribution >= 4 is 59.6 Å². The Balaban J connectivity index is 1.43. The number of para-hydroxylation sites is 1. The second-order valence-corrected chi connectivity index (χ2v) is 11.5. The van der Waals surface area contributed by atoms with Gasteiger partial charge in [-0.25, -0.2) is 4.98 Å². The first-order valence-electron chi connectivity index (χ1n) is 14.0. The molecule has 0 saturated heterocycles. The molecular formula is C37H22N4S. The van der Waals surface area contributed by atoms with Gasteiger partial charge in [0.05, 0.1) is 16.1 Å². The highest BCUT2D eigenvalue weighted by Crippen LogP contribution is 2.55. The van der Waals surface area contributed by atoms with E-state index in [2.05, 4.69) is 102 Å². The zero-order valence-electron chi connectivity index (χ0n) is 22.4. The Hall–Kier alpha value is -5.39. The summed E-state index contributed by atoms with van der Waals surface area (Å²) in [6.45, 7) is 0. The molecule has 9 rings (SSSR count). The maximum Gasteiger partial charge on any atom is 0.238 e. The number of rotatable bonds is 3. The molecule has 0 bridgehead atoms. The number of benzene rings is 6. The number of anilines is 3. The number of fused-ring (bicyclic) bond motifs is 6. The molecule has 5 heteroatoms. The first-order chi connectivity index (χ1) is 20.8. The number of hydrogen-bond donors (Lipinski definition) is 0. The van der Waals surface area contributed by atoms with E-state index < -0.39 is 0 Å². The molecule has 196 valence electrons. The Morgan fingerprint density at radius 3 is 1.93 bits per heavy atom. The number of thiophene rings is 1. The average molecular weight is 555 g/mol. The van der Waals surface area contributed by atoms with E-state index in [0.29, 0.717) is 17.6 Å². The van der Waals surface area contributed by atoms with Gasteiger partial charge in [-0.2, -0.15) is 9.97 Å². The Bertz CT molecular complexity index is 2250. The lowest BCUT2D eigenvalue weighted by molar-refractivity contribution is 1.03. The quantitative estimate of drug-likeness (QED) is 0.218. The molecule has 1 aliphatic heterocycles. The van der Waals surface area contributed by atoms with E-state index in [-0.39, 0.29) is 0 Å². The van der Waals surface area contributed by atoms with Crippen molar-refractivity contribution in [3.63, 3.8) is 0 Å². The van der Waals surface area contributed by atoms with E-state index >= 15 is 0 Å². The number of hydrogen-bond acceptors (Lipinski definition) is 5. The molecule has 2 aromatic heterocycles. The molecule has 0 N–H and O–H groups in total. The first kappa shape index (κ1) is 23.3. The summed E-state index contributed by atoms with van der Waals surface area (Å²) in [4.78, 5) is 17.6. The highest BCUT2D eigenvalue weighted by atomic mass is 32.1. The van der Waals surface area contributed by atoms with Gasteiger partial charge in [0, 0.05) is 37.5 Å². The van der Waals surface area contributed by atoms with Crippen molar-refractivity contribution < 1.29 is 0 Å². The Labute approximate surface area is 246 Å². The van der Waals surface area contributed by atoms with Crippen molar-refractivity contribution in [3.8, 4) is 33.9 Å². The van der Waals surface area contributed by atoms with Crippen LogP contribution in [0.3, 0.4) is 0 Å². The smallest absolute Gasteiger partial charge is 0.238 e. The molecular weight excluding hydrogens is 533 g/mol. The van der Waals surface area contributed by atoms with Crippen LogP contribution < -0.4 is 4.90 Å². The summed E-state index contributed by atoms with van der Waals surface area (Å²) in [7, 11) is 0. The van der Waals surface area contributed by atoms with E-state index in [1.54, 1.807) is 0 Å². The minimum atomic E-state index is 0.607. The zero-order chi connectivity index (χ0) is 27.6. The minimum absolute atomic E-state index is 0.607. The van der Waals surface area contributed by atoms with Crippen LogP contribution >= 0.6 is 11.3 Å². The van der Waals surface area contributed by atoms with E-state index in [0.717, 1.165) is 22.5 Å². The van der Waals surface area contributed by atoms with Gasteiger partial charge >= 0.3 is 0 Å². The molecule has 0 aliphatic carbocycles. The molecule has 0 radical (unpaired) electrons. The minimum Gasteiger partial charge on any atom is -0.276 e. The highest BCUT2D eigenvalue weighted by molar-refractivity contribution is 7.26. The monoisotopic (exact) mass is 554 g/mol. The fourth-order valence-electron chi connectivity index (χ4n) is 6.17. The molecule has 1 aliphatic rings. The van der Waals surface area contributed by atoms with Gasteiger partial charge in [0.1, 0.15) is 0 Å². The molecule has 0 saturated carbocycles. The fourth-order valence-corrected chi connectivity index (χ4v) is 7.39. The maximum absolute atomic E-state index is 5.18. The van der Waals surface area contributed by atoms with Gasteiger partial charge in [-0.15, -0.1) is 11.3 Å². The molecule has 3 heterocycles. The van der Waals surface area contributed by atoms with E-state index in [1.165, 1.54) is 42.1 Å². The molecule has 0 spiro atoms. The summed E-state index contributed by atoms with van der Waals surface area (Å²) in [6, 6.07) is 46.6. The first-order valence-corrected chi connectivity index (χ1v) is 14.8. The average Bonchev–Trinajstić information content (AvgIpc) is 3.44. The van der Waals surface area contributed by atoms with Crippen LogP contribution in [0, 0.1) is 0 Å². The predicted octanol–water partition coefficient (Wildman–Crippen LogP) is 10.2. The predicted molar refractivity (Wildman–Crippen MR) is 175 cm³/mol. The van der Waals surface area contributed by atoms with Gasteiger partial charge in [0.15, 0.2) is 11.6 Å². The zero-order valence-corrected chi connectivity index (χ0v) is 23.2. The van der Waals surface area contributed by atoms with Crippen molar-refractivity contribution in [3.05, 3.63) is 133 Å². The van der Waals surface area contributed by atoms with Crippen molar-refractivity contribution in [1.82, 2.24) is 15.0 Å². The third kappa shape index (κ3) is 3.44. The highest BCUT2D eigenvalue weighted by Gasteiger charge is 2.31. The Kier molecular flexibility index (Phi) is 5.03. The van der Waals surface area contributed by atoms with Gasteiger partial charge in [0.2, 0.25) is 5.95 Å². The molecule has 0 unspecified atom stereocenters. The summed E-state index contributed by atoms with van der Waals surface area (Å²) in [5, 5.41) is 4.95. The van der Waals surface area contributed by atoms with Crippen LogP contribution in [0.2, 0.25) is 0 Å². The van der Waals surface area contributed by atoms with Gasteiger partial charge in [-0.1, -0.05) is 115 Å². The SMILES string of the molecule is c1ccc(-c2nc(-c3ccccc3)nc(N3c4ccccc4-c4cccc5cc6c(sc7ccccc76)c3c45)n2)cc1. The van der Waals surface area contributed by atoms with Crippen molar-refractivity contribution in [2.45, 2.75) is 0 Å². The van der Waals surface area contributed by atoms with Gasteiger partial charge in [0.25, 0.3) is 0 Å². The van der Waals surface area contributed by atoms with Crippen LogP contribution in [0.1, 0.15) is 0 Å². The van der Waals surface area contributed by atoms with Crippen LogP contribution in [-0.2, 0) is 0 Å². The van der Waals surface area contributed by atoms with E-state index in [9.17, 15) is 0 Å².